The largest absolute Gasteiger partial charge is 0.497 e. The highest BCUT2D eigenvalue weighted by atomic mass is 32.1. The summed E-state index contributed by atoms with van der Waals surface area (Å²) in [6.45, 7) is 10.8. The second-order valence-corrected chi connectivity index (χ2v) is 16.3. The average Bonchev–Trinajstić information content (AvgIpc) is 3.27. The molecular weight excluding hydrogens is 486 g/mol. The molecule has 1 aromatic heterocycles. The maximum atomic E-state index is 12.8. The first-order chi connectivity index (χ1) is 16.9. The van der Waals surface area contributed by atoms with Gasteiger partial charge in [0.15, 0.2) is 0 Å². The van der Waals surface area contributed by atoms with Crippen LogP contribution in [0.4, 0.5) is 0 Å². The first kappa shape index (κ1) is 28.0. The molecule has 2 aromatic carbocycles. The minimum atomic E-state index is -2.04. The number of carbonyl (C=O) groups is 1. The molecule has 7 heteroatoms. The van der Waals surface area contributed by atoms with E-state index in [4.69, 9.17) is 14.0 Å². The van der Waals surface area contributed by atoms with Crippen LogP contribution in [-0.2, 0) is 15.7 Å². The average molecular weight is 526 g/mol. The zero-order valence-corrected chi connectivity index (χ0v) is 24.6. The molecule has 194 valence electrons. The summed E-state index contributed by atoms with van der Waals surface area (Å²) in [5.74, 6) is 1.70. The highest BCUT2D eigenvalue weighted by Gasteiger charge is 2.40. The molecule has 5 nitrogen and oxygen atoms in total. The van der Waals surface area contributed by atoms with E-state index in [-0.39, 0.29) is 10.9 Å². The van der Waals surface area contributed by atoms with Crippen molar-refractivity contribution in [1.82, 2.24) is 5.06 Å². The first-order valence-electron chi connectivity index (χ1n) is 12.3. The number of carbonyl (C=O) groups excluding carboxylic acids is 1. The van der Waals surface area contributed by atoms with Gasteiger partial charge in [-0.1, -0.05) is 32.9 Å². The van der Waals surface area contributed by atoms with Crippen LogP contribution in [0.1, 0.15) is 38.5 Å². The van der Waals surface area contributed by atoms with Gasteiger partial charge >= 0.3 is 0 Å². The number of aryl methyl sites for hydroxylation is 1. The molecule has 1 amide bonds. The number of hydrogen-bond donors (Lipinski definition) is 0. The van der Waals surface area contributed by atoms with Crippen LogP contribution >= 0.6 is 11.3 Å². The highest BCUT2D eigenvalue weighted by Crippen LogP contribution is 2.41. The predicted molar refractivity (Wildman–Crippen MR) is 152 cm³/mol. The Morgan fingerprint density at radius 3 is 1.94 bits per heavy atom. The van der Waals surface area contributed by atoms with Crippen molar-refractivity contribution in [3.63, 3.8) is 0 Å². The number of methoxy groups -OCH3 is 2. The van der Waals surface area contributed by atoms with Crippen LogP contribution in [0.3, 0.4) is 0 Å². The van der Waals surface area contributed by atoms with E-state index in [0.717, 1.165) is 35.5 Å². The lowest BCUT2D eigenvalue weighted by molar-refractivity contribution is -0.155. The summed E-state index contributed by atoms with van der Waals surface area (Å²) in [6.07, 6.45) is 2.07. The van der Waals surface area contributed by atoms with Crippen molar-refractivity contribution in [3.05, 3.63) is 59.5 Å². The van der Waals surface area contributed by atoms with Crippen LogP contribution in [0.15, 0.2) is 54.6 Å². The zero-order valence-electron chi connectivity index (χ0n) is 22.8. The number of rotatable bonds is 10. The highest BCUT2D eigenvalue weighted by molar-refractivity contribution is 7.16. The molecule has 0 saturated heterocycles. The minimum absolute atomic E-state index is 0.0298. The minimum Gasteiger partial charge on any atom is -0.497 e. The van der Waals surface area contributed by atoms with Gasteiger partial charge in [0, 0.05) is 28.8 Å². The molecule has 0 aliphatic rings. The number of ether oxygens (including phenoxy) is 2. The van der Waals surface area contributed by atoms with Crippen molar-refractivity contribution in [1.29, 1.82) is 0 Å². The second kappa shape index (κ2) is 11.6. The Balaban J connectivity index is 1.75. The molecule has 0 fully saturated rings. The van der Waals surface area contributed by atoms with Crippen LogP contribution in [0.2, 0.25) is 18.1 Å². The number of hydrogen-bond acceptors (Lipinski definition) is 5. The van der Waals surface area contributed by atoms with Gasteiger partial charge in [-0.2, -0.15) is 0 Å². The van der Waals surface area contributed by atoms with Gasteiger partial charge in [0.05, 0.1) is 14.2 Å². The maximum Gasteiger partial charge on any atom is 0.244 e. The monoisotopic (exact) mass is 525 g/mol. The van der Waals surface area contributed by atoms with E-state index in [9.17, 15) is 4.79 Å². The van der Waals surface area contributed by atoms with E-state index in [1.54, 1.807) is 32.6 Å². The van der Waals surface area contributed by atoms with Gasteiger partial charge < -0.3 is 14.0 Å². The SMILES string of the molecule is COc1ccc(-c2cc(CCCC(=O)N(C)O[Si](C)(C)C(C)(C)C)sc2-c2ccc(OC)cc2)cc1. The molecule has 3 aromatic rings. The smallest absolute Gasteiger partial charge is 0.244 e. The molecule has 0 saturated carbocycles. The fourth-order valence-electron chi connectivity index (χ4n) is 3.61. The topological polar surface area (TPSA) is 48.0 Å². The van der Waals surface area contributed by atoms with Crippen LogP contribution in [0, 0.1) is 0 Å². The summed E-state index contributed by atoms with van der Waals surface area (Å²) in [6, 6.07) is 18.6. The number of benzene rings is 2. The molecule has 0 radical (unpaired) electrons. The van der Waals surface area contributed by atoms with Crippen molar-refractivity contribution < 1.29 is 18.8 Å². The van der Waals surface area contributed by atoms with Gasteiger partial charge in [-0.05, 0) is 84.6 Å². The molecule has 36 heavy (non-hydrogen) atoms. The van der Waals surface area contributed by atoms with Crippen molar-refractivity contribution in [2.24, 2.45) is 0 Å². The Hall–Kier alpha value is -2.61. The Labute approximate surface area is 221 Å². The number of amides is 1. The molecule has 0 aliphatic heterocycles. The van der Waals surface area contributed by atoms with Gasteiger partial charge in [-0.15, -0.1) is 11.3 Å². The van der Waals surface area contributed by atoms with Crippen LogP contribution in [0.5, 0.6) is 11.5 Å². The lowest BCUT2D eigenvalue weighted by atomic mass is 10.0. The maximum absolute atomic E-state index is 12.8. The summed E-state index contributed by atoms with van der Waals surface area (Å²) in [4.78, 5) is 15.2. The molecule has 0 unspecified atom stereocenters. The summed E-state index contributed by atoms with van der Waals surface area (Å²) in [7, 11) is 3.06. The molecule has 0 aliphatic carbocycles. The van der Waals surface area contributed by atoms with Crippen molar-refractivity contribution in [3.8, 4) is 33.1 Å². The summed E-state index contributed by atoms with van der Waals surface area (Å²) < 4.78 is 16.8. The molecule has 1 heterocycles. The molecule has 0 atom stereocenters. The zero-order chi connectivity index (χ0) is 26.5. The van der Waals surface area contributed by atoms with Crippen molar-refractivity contribution in [2.75, 3.05) is 21.3 Å². The standard InChI is InChI=1S/C29H39NO4SSi/c1-29(2,3)36(7,8)34-30(4)27(31)11-9-10-25-20-26(21-12-16-23(32-5)17-13-21)28(35-25)22-14-18-24(33-6)19-15-22/h12-20H,9-11H2,1-8H3. The fourth-order valence-corrected chi connectivity index (χ4v) is 5.89. The second-order valence-electron chi connectivity index (χ2n) is 10.5. The summed E-state index contributed by atoms with van der Waals surface area (Å²) in [5, 5.41) is 1.52. The Morgan fingerprint density at radius 2 is 1.44 bits per heavy atom. The molecule has 3 rings (SSSR count). The lowest BCUT2D eigenvalue weighted by Gasteiger charge is -2.38. The van der Waals surface area contributed by atoms with Gasteiger partial charge in [0.25, 0.3) is 0 Å². The Kier molecular flexibility index (Phi) is 9.03. The number of hydroxylamine groups is 2. The summed E-state index contributed by atoms with van der Waals surface area (Å²) >= 11 is 1.78. The van der Waals surface area contributed by atoms with Crippen molar-refractivity contribution in [2.45, 2.75) is 58.2 Å². The number of nitrogens with zero attached hydrogens (tertiary/aromatic N) is 1. The quantitative estimate of drug-likeness (QED) is 0.200. The van der Waals surface area contributed by atoms with E-state index in [1.165, 1.54) is 20.4 Å². The lowest BCUT2D eigenvalue weighted by Crippen LogP contribution is -2.47. The molecule has 0 bridgehead atoms. The van der Waals surface area contributed by atoms with Gasteiger partial charge in [0.2, 0.25) is 14.2 Å². The molecule has 0 spiro atoms. The molecular formula is C29H39NO4SSi. The third-order valence-electron chi connectivity index (χ3n) is 6.87. The van der Waals surface area contributed by atoms with Crippen molar-refractivity contribution >= 4 is 25.6 Å². The van der Waals surface area contributed by atoms with Gasteiger partial charge in [-0.3, -0.25) is 4.79 Å². The van der Waals surface area contributed by atoms with Crippen LogP contribution in [-0.4, -0.2) is 40.6 Å². The Bertz CT molecular complexity index is 1080. The van der Waals surface area contributed by atoms with E-state index < -0.39 is 8.32 Å². The predicted octanol–water partition coefficient (Wildman–Crippen LogP) is 7.82. The van der Waals surface area contributed by atoms with E-state index >= 15 is 0 Å². The fraction of sp³-hybridized carbons (Fsp3) is 0.414. The van der Waals surface area contributed by atoms with Crippen LogP contribution < -0.4 is 9.47 Å². The third-order valence-corrected chi connectivity index (χ3v) is 12.5. The van der Waals surface area contributed by atoms with Gasteiger partial charge in [-0.25, -0.2) is 5.06 Å². The normalized spacial score (nSPS) is 11.9. The van der Waals surface area contributed by atoms with E-state index in [0.29, 0.717) is 6.42 Å². The third kappa shape index (κ3) is 6.78. The molecule has 0 N–H and O–H groups in total. The number of thiophene rings is 1. The van der Waals surface area contributed by atoms with E-state index in [1.807, 2.05) is 24.3 Å². The van der Waals surface area contributed by atoms with Crippen LogP contribution in [0.25, 0.3) is 21.6 Å². The first-order valence-corrected chi connectivity index (χ1v) is 16.0. The van der Waals surface area contributed by atoms with Gasteiger partial charge in [0.1, 0.15) is 11.5 Å². The van der Waals surface area contributed by atoms with E-state index in [2.05, 4.69) is 64.2 Å². The Morgan fingerprint density at radius 1 is 0.917 bits per heavy atom. The summed E-state index contributed by atoms with van der Waals surface area (Å²) in [5.41, 5.74) is 3.48.